The molecule has 0 N–H and O–H groups in total. The SMILES string of the molecule is CCOC(=O)c1c(-c2ccoc2)oc2ccc(OC)cc12. The van der Waals surface area contributed by atoms with Crippen LogP contribution >= 0.6 is 0 Å². The van der Waals surface area contributed by atoms with Gasteiger partial charge in [-0.25, -0.2) is 4.79 Å². The van der Waals surface area contributed by atoms with Gasteiger partial charge in [0.15, 0.2) is 5.76 Å². The Hall–Kier alpha value is -2.69. The van der Waals surface area contributed by atoms with E-state index in [-0.39, 0.29) is 0 Å². The van der Waals surface area contributed by atoms with Crippen molar-refractivity contribution in [3.8, 4) is 17.1 Å². The summed E-state index contributed by atoms with van der Waals surface area (Å²) in [5.74, 6) is 0.652. The molecular weight excluding hydrogens is 272 g/mol. The molecule has 0 fully saturated rings. The van der Waals surface area contributed by atoms with Crippen LogP contribution in [0.3, 0.4) is 0 Å². The minimum absolute atomic E-state index is 0.292. The molecule has 5 nitrogen and oxygen atoms in total. The smallest absolute Gasteiger partial charge is 0.342 e. The fourth-order valence-corrected chi connectivity index (χ4v) is 2.21. The van der Waals surface area contributed by atoms with Gasteiger partial charge < -0.3 is 18.3 Å². The third-order valence-corrected chi connectivity index (χ3v) is 3.16. The lowest BCUT2D eigenvalue weighted by Crippen LogP contribution is -2.05. The van der Waals surface area contributed by atoms with Crippen LogP contribution in [0, 0.1) is 0 Å². The molecule has 2 heterocycles. The van der Waals surface area contributed by atoms with E-state index in [1.54, 1.807) is 38.3 Å². The van der Waals surface area contributed by atoms with Crippen molar-refractivity contribution in [3.63, 3.8) is 0 Å². The van der Waals surface area contributed by atoms with E-state index in [1.807, 2.05) is 0 Å². The Labute approximate surface area is 121 Å². The highest BCUT2D eigenvalue weighted by atomic mass is 16.5. The van der Waals surface area contributed by atoms with Crippen LogP contribution in [0.25, 0.3) is 22.3 Å². The van der Waals surface area contributed by atoms with E-state index in [0.717, 1.165) is 0 Å². The molecule has 0 atom stereocenters. The van der Waals surface area contributed by atoms with Gasteiger partial charge in [0.25, 0.3) is 0 Å². The Balaban J connectivity index is 2.26. The number of ether oxygens (including phenoxy) is 2. The van der Waals surface area contributed by atoms with Crippen molar-refractivity contribution in [2.24, 2.45) is 0 Å². The summed E-state index contributed by atoms with van der Waals surface area (Å²) in [5.41, 5.74) is 1.66. The zero-order chi connectivity index (χ0) is 14.8. The van der Waals surface area contributed by atoms with Gasteiger partial charge in [-0.3, -0.25) is 0 Å². The molecule has 0 radical (unpaired) electrons. The average molecular weight is 286 g/mol. The van der Waals surface area contributed by atoms with Gasteiger partial charge in [0.1, 0.15) is 23.2 Å². The zero-order valence-corrected chi connectivity index (χ0v) is 11.7. The minimum atomic E-state index is -0.430. The average Bonchev–Trinajstić information content (AvgIpc) is 3.13. The van der Waals surface area contributed by atoms with Crippen molar-refractivity contribution in [1.29, 1.82) is 0 Å². The fourth-order valence-electron chi connectivity index (χ4n) is 2.21. The third-order valence-electron chi connectivity index (χ3n) is 3.16. The van der Waals surface area contributed by atoms with Crippen LogP contribution in [0.4, 0.5) is 0 Å². The summed E-state index contributed by atoms with van der Waals surface area (Å²) in [4.78, 5) is 12.3. The molecule has 0 bridgehead atoms. The summed E-state index contributed by atoms with van der Waals surface area (Å²) in [7, 11) is 1.57. The van der Waals surface area contributed by atoms with E-state index in [1.165, 1.54) is 12.5 Å². The quantitative estimate of drug-likeness (QED) is 0.681. The predicted octanol–water partition coefficient (Wildman–Crippen LogP) is 3.88. The molecule has 2 aromatic heterocycles. The first-order chi connectivity index (χ1) is 10.2. The number of carbonyl (C=O) groups is 1. The van der Waals surface area contributed by atoms with E-state index in [4.69, 9.17) is 18.3 Å². The number of furan rings is 2. The molecule has 0 saturated heterocycles. The number of methoxy groups -OCH3 is 1. The van der Waals surface area contributed by atoms with Gasteiger partial charge in [-0.15, -0.1) is 0 Å². The molecule has 0 aliphatic heterocycles. The number of esters is 1. The van der Waals surface area contributed by atoms with Gasteiger partial charge in [-0.05, 0) is 31.2 Å². The zero-order valence-electron chi connectivity index (χ0n) is 11.7. The number of rotatable bonds is 4. The normalized spacial score (nSPS) is 10.8. The second kappa shape index (κ2) is 5.36. The lowest BCUT2D eigenvalue weighted by atomic mass is 10.1. The summed E-state index contributed by atoms with van der Waals surface area (Å²) in [6, 6.07) is 7.03. The molecule has 0 aliphatic rings. The summed E-state index contributed by atoms with van der Waals surface area (Å²) < 4.78 is 21.2. The second-order valence-corrected chi connectivity index (χ2v) is 4.40. The molecule has 21 heavy (non-hydrogen) atoms. The third kappa shape index (κ3) is 2.27. The maximum Gasteiger partial charge on any atom is 0.342 e. The van der Waals surface area contributed by atoms with Crippen LogP contribution in [0.2, 0.25) is 0 Å². The molecule has 108 valence electrons. The molecule has 0 aliphatic carbocycles. The Morgan fingerprint density at radius 3 is 2.81 bits per heavy atom. The van der Waals surface area contributed by atoms with Crippen molar-refractivity contribution in [1.82, 2.24) is 0 Å². The summed E-state index contributed by atoms with van der Waals surface area (Å²) in [6.45, 7) is 2.05. The van der Waals surface area contributed by atoms with Crippen LogP contribution in [0.5, 0.6) is 5.75 Å². The Bertz CT molecular complexity index is 767. The van der Waals surface area contributed by atoms with Gasteiger partial charge in [-0.1, -0.05) is 0 Å². The standard InChI is InChI=1S/C16H14O5/c1-3-20-16(17)14-12-8-11(18-2)4-5-13(12)21-15(14)10-6-7-19-9-10/h4-9H,3H2,1-2H3. The molecule has 1 aromatic carbocycles. The highest BCUT2D eigenvalue weighted by Crippen LogP contribution is 2.36. The Morgan fingerprint density at radius 2 is 2.14 bits per heavy atom. The topological polar surface area (TPSA) is 61.8 Å². The maximum atomic E-state index is 12.3. The first kappa shape index (κ1) is 13.3. The summed E-state index contributed by atoms with van der Waals surface area (Å²) in [5, 5.41) is 0.656. The number of hydrogen-bond donors (Lipinski definition) is 0. The minimum Gasteiger partial charge on any atom is -0.497 e. The van der Waals surface area contributed by atoms with Gasteiger partial charge in [-0.2, -0.15) is 0 Å². The lowest BCUT2D eigenvalue weighted by Gasteiger charge is -2.02. The highest BCUT2D eigenvalue weighted by molar-refractivity contribution is 6.09. The number of fused-ring (bicyclic) bond motifs is 1. The maximum absolute atomic E-state index is 12.3. The first-order valence-corrected chi connectivity index (χ1v) is 6.54. The predicted molar refractivity (Wildman–Crippen MR) is 76.4 cm³/mol. The highest BCUT2D eigenvalue weighted by Gasteiger charge is 2.24. The summed E-state index contributed by atoms with van der Waals surface area (Å²) in [6.07, 6.45) is 3.05. The van der Waals surface area contributed by atoms with Crippen LogP contribution in [0.15, 0.2) is 45.6 Å². The van der Waals surface area contributed by atoms with E-state index in [9.17, 15) is 4.79 Å². The van der Waals surface area contributed by atoms with Crippen molar-refractivity contribution in [2.45, 2.75) is 6.92 Å². The van der Waals surface area contributed by atoms with E-state index < -0.39 is 5.97 Å². The first-order valence-electron chi connectivity index (χ1n) is 6.54. The number of carbonyl (C=O) groups excluding carboxylic acids is 1. The summed E-state index contributed by atoms with van der Waals surface area (Å²) >= 11 is 0. The van der Waals surface area contributed by atoms with E-state index in [2.05, 4.69) is 0 Å². The van der Waals surface area contributed by atoms with Crippen LogP contribution in [-0.2, 0) is 4.74 Å². The van der Waals surface area contributed by atoms with Crippen LogP contribution in [0.1, 0.15) is 17.3 Å². The lowest BCUT2D eigenvalue weighted by molar-refractivity contribution is 0.0529. The molecule has 0 unspecified atom stereocenters. The molecule has 0 spiro atoms. The van der Waals surface area contributed by atoms with Gasteiger partial charge >= 0.3 is 5.97 Å². The van der Waals surface area contributed by atoms with Gasteiger partial charge in [0.05, 0.1) is 25.5 Å². The Kier molecular flexibility index (Phi) is 3.39. The fraction of sp³-hybridized carbons (Fsp3) is 0.188. The molecule has 0 amide bonds. The monoisotopic (exact) mass is 286 g/mol. The van der Waals surface area contributed by atoms with Crippen molar-refractivity contribution < 1.29 is 23.1 Å². The van der Waals surface area contributed by atoms with Crippen LogP contribution < -0.4 is 4.74 Å². The van der Waals surface area contributed by atoms with Crippen molar-refractivity contribution in [3.05, 3.63) is 42.4 Å². The van der Waals surface area contributed by atoms with Gasteiger partial charge in [0.2, 0.25) is 0 Å². The molecule has 5 heteroatoms. The number of benzene rings is 1. The molecule has 3 rings (SSSR count). The molecule has 0 saturated carbocycles. The van der Waals surface area contributed by atoms with Gasteiger partial charge in [0, 0.05) is 5.39 Å². The van der Waals surface area contributed by atoms with E-state index in [0.29, 0.717) is 40.2 Å². The van der Waals surface area contributed by atoms with Crippen LogP contribution in [-0.4, -0.2) is 19.7 Å². The second-order valence-electron chi connectivity index (χ2n) is 4.40. The van der Waals surface area contributed by atoms with Crippen molar-refractivity contribution in [2.75, 3.05) is 13.7 Å². The Morgan fingerprint density at radius 1 is 1.29 bits per heavy atom. The van der Waals surface area contributed by atoms with Crippen molar-refractivity contribution >= 4 is 16.9 Å². The largest absolute Gasteiger partial charge is 0.497 e. The van der Waals surface area contributed by atoms with E-state index >= 15 is 0 Å². The molecular formula is C16H14O5. The number of hydrogen-bond acceptors (Lipinski definition) is 5. The molecule has 3 aromatic rings.